The van der Waals surface area contributed by atoms with Gasteiger partial charge in [-0.05, 0) is 24.7 Å². The van der Waals surface area contributed by atoms with Crippen molar-refractivity contribution in [3.8, 4) is 0 Å². The SMILES string of the molecule is CC1CC(N2CCC(=O)CC2)CC1C. The highest BCUT2D eigenvalue weighted by molar-refractivity contribution is 5.79. The minimum Gasteiger partial charge on any atom is -0.300 e. The Bertz CT molecular complexity index is 206. The summed E-state index contributed by atoms with van der Waals surface area (Å²) in [6.07, 6.45) is 4.27. The first-order valence-corrected chi connectivity index (χ1v) is 5.92. The van der Waals surface area contributed by atoms with Gasteiger partial charge < -0.3 is 0 Å². The molecule has 0 radical (unpaired) electrons. The van der Waals surface area contributed by atoms with Gasteiger partial charge in [-0.2, -0.15) is 0 Å². The molecule has 0 aromatic rings. The van der Waals surface area contributed by atoms with E-state index in [1.807, 2.05) is 0 Å². The lowest BCUT2D eigenvalue weighted by Gasteiger charge is -2.31. The number of likely N-dealkylation sites (tertiary alicyclic amines) is 1. The number of hydrogen-bond donors (Lipinski definition) is 0. The fourth-order valence-electron chi connectivity index (χ4n) is 2.86. The standard InChI is InChI=1S/C12H21NO/c1-9-7-11(8-10(9)2)13-5-3-12(14)4-6-13/h9-11H,3-8H2,1-2H3. The first-order chi connectivity index (χ1) is 6.66. The number of ketones is 1. The van der Waals surface area contributed by atoms with Crippen molar-refractivity contribution in [3.05, 3.63) is 0 Å². The molecule has 0 amide bonds. The van der Waals surface area contributed by atoms with Crippen LogP contribution in [-0.4, -0.2) is 29.8 Å². The van der Waals surface area contributed by atoms with Crippen LogP contribution in [0.25, 0.3) is 0 Å². The fraction of sp³-hybridized carbons (Fsp3) is 0.917. The van der Waals surface area contributed by atoms with Gasteiger partial charge in [0.15, 0.2) is 0 Å². The monoisotopic (exact) mass is 195 g/mol. The Kier molecular flexibility index (Phi) is 2.91. The highest BCUT2D eigenvalue weighted by Crippen LogP contribution is 2.34. The molecule has 1 aliphatic heterocycles. The summed E-state index contributed by atoms with van der Waals surface area (Å²) in [7, 11) is 0. The third kappa shape index (κ3) is 2.00. The van der Waals surface area contributed by atoms with Crippen LogP contribution in [0.4, 0.5) is 0 Å². The number of piperidine rings is 1. The molecule has 80 valence electrons. The molecule has 14 heavy (non-hydrogen) atoms. The number of carbonyl (C=O) groups excluding carboxylic acids is 1. The van der Waals surface area contributed by atoms with E-state index in [1.54, 1.807) is 0 Å². The lowest BCUT2D eigenvalue weighted by Crippen LogP contribution is -2.40. The van der Waals surface area contributed by atoms with E-state index in [2.05, 4.69) is 18.7 Å². The lowest BCUT2D eigenvalue weighted by atomic mass is 10.0. The largest absolute Gasteiger partial charge is 0.300 e. The molecular weight excluding hydrogens is 174 g/mol. The van der Waals surface area contributed by atoms with Crippen LogP contribution in [0.15, 0.2) is 0 Å². The van der Waals surface area contributed by atoms with Gasteiger partial charge in [0.2, 0.25) is 0 Å². The van der Waals surface area contributed by atoms with Crippen LogP contribution in [0.5, 0.6) is 0 Å². The van der Waals surface area contributed by atoms with Crippen LogP contribution in [-0.2, 0) is 4.79 Å². The average Bonchev–Trinajstić information content (AvgIpc) is 2.48. The number of Topliss-reactive ketones (excluding diaryl/α,β-unsaturated/α-hetero) is 1. The summed E-state index contributed by atoms with van der Waals surface area (Å²) in [4.78, 5) is 13.7. The summed E-state index contributed by atoms with van der Waals surface area (Å²) in [6, 6.07) is 0.771. The van der Waals surface area contributed by atoms with E-state index in [-0.39, 0.29) is 0 Å². The van der Waals surface area contributed by atoms with E-state index < -0.39 is 0 Å². The summed E-state index contributed by atoms with van der Waals surface area (Å²) in [5.41, 5.74) is 0. The zero-order valence-corrected chi connectivity index (χ0v) is 9.33. The van der Waals surface area contributed by atoms with Gasteiger partial charge in [-0.1, -0.05) is 13.8 Å². The van der Waals surface area contributed by atoms with E-state index in [9.17, 15) is 4.79 Å². The van der Waals surface area contributed by atoms with Crippen LogP contribution in [0.3, 0.4) is 0 Å². The van der Waals surface area contributed by atoms with E-state index >= 15 is 0 Å². The van der Waals surface area contributed by atoms with Crippen molar-refractivity contribution in [1.29, 1.82) is 0 Å². The van der Waals surface area contributed by atoms with Gasteiger partial charge >= 0.3 is 0 Å². The van der Waals surface area contributed by atoms with Crippen molar-refractivity contribution < 1.29 is 4.79 Å². The molecule has 1 saturated heterocycles. The molecule has 0 N–H and O–H groups in total. The Morgan fingerprint density at radius 3 is 2.07 bits per heavy atom. The average molecular weight is 195 g/mol. The summed E-state index contributed by atoms with van der Waals surface area (Å²) in [5, 5.41) is 0. The Labute approximate surface area is 86.7 Å². The summed E-state index contributed by atoms with van der Waals surface area (Å²) < 4.78 is 0. The van der Waals surface area contributed by atoms with E-state index in [4.69, 9.17) is 0 Å². The predicted molar refractivity (Wildman–Crippen MR) is 57.2 cm³/mol. The van der Waals surface area contributed by atoms with Crippen molar-refractivity contribution in [1.82, 2.24) is 4.90 Å². The van der Waals surface area contributed by atoms with E-state index in [1.165, 1.54) is 12.8 Å². The first-order valence-electron chi connectivity index (χ1n) is 5.92. The third-order valence-electron chi connectivity index (χ3n) is 4.13. The molecule has 2 rings (SSSR count). The predicted octanol–water partition coefficient (Wildman–Crippen LogP) is 2.09. The minimum atomic E-state index is 0.459. The molecule has 0 bridgehead atoms. The fourth-order valence-corrected chi connectivity index (χ4v) is 2.86. The molecule has 2 atom stereocenters. The number of carbonyl (C=O) groups is 1. The third-order valence-corrected chi connectivity index (χ3v) is 4.13. The maximum atomic E-state index is 11.1. The molecule has 2 fully saturated rings. The van der Waals surface area contributed by atoms with Gasteiger partial charge in [-0.25, -0.2) is 0 Å². The number of rotatable bonds is 1. The van der Waals surface area contributed by atoms with Crippen LogP contribution in [0.1, 0.15) is 39.5 Å². The topological polar surface area (TPSA) is 20.3 Å². The highest BCUT2D eigenvalue weighted by Gasteiger charge is 2.33. The quantitative estimate of drug-likeness (QED) is 0.638. The first kappa shape index (κ1) is 10.2. The van der Waals surface area contributed by atoms with Crippen molar-refractivity contribution in [3.63, 3.8) is 0 Å². The molecule has 2 nitrogen and oxygen atoms in total. The molecule has 0 spiro atoms. The molecule has 2 aliphatic rings. The van der Waals surface area contributed by atoms with Crippen LogP contribution in [0.2, 0.25) is 0 Å². The van der Waals surface area contributed by atoms with Crippen molar-refractivity contribution in [2.45, 2.75) is 45.6 Å². The molecule has 1 aliphatic carbocycles. The molecule has 2 unspecified atom stereocenters. The second-order valence-electron chi connectivity index (χ2n) is 5.15. The van der Waals surface area contributed by atoms with Gasteiger partial charge in [0.1, 0.15) is 5.78 Å². The van der Waals surface area contributed by atoms with Crippen molar-refractivity contribution >= 4 is 5.78 Å². The van der Waals surface area contributed by atoms with E-state index in [0.29, 0.717) is 5.78 Å². The minimum absolute atomic E-state index is 0.459. The van der Waals surface area contributed by atoms with Crippen LogP contribution in [0, 0.1) is 11.8 Å². The molecule has 0 aromatic heterocycles. The Hall–Kier alpha value is -0.370. The van der Waals surface area contributed by atoms with Gasteiger partial charge in [0.25, 0.3) is 0 Å². The lowest BCUT2D eigenvalue weighted by molar-refractivity contribution is -0.121. The van der Waals surface area contributed by atoms with Crippen LogP contribution >= 0.6 is 0 Å². The Morgan fingerprint density at radius 1 is 1.07 bits per heavy atom. The number of nitrogens with zero attached hydrogens (tertiary/aromatic N) is 1. The van der Waals surface area contributed by atoms with Gasteiger partial charge in [0, 0.05) is 32.0 Å². The Balaban J connectivity index is 1.88. The van der Waals surface area contributed by atoms with Gasteiger partial charge in [0.05, 0.1) is 0 Å². The summed E-state index contributed by atoms with van der Waals surface area (Å²) in [6.45, 7) is 6.76. The molecule has 0 aromatic carbocycles. The Morgan fingerprint density at radius 2 is 1.57 bits per heavy atom. The molecular formula is C12H21NO. The maximum absolute atomic E-state index is 11.1. The molecule has 1 heterocycles. The van der Waals surface area contributed by atoms with E-state index in [0.717, 1.165) is 43.8 Å². The highest BCUT2D eigenvalue weighted by atomic mass is 16.1. The van der Waals surface area contributed by atoms with Crippen LogP contribution < -0.4 is 0 Å². The normalized spacial score (nSPS) is 40.4. The zero-order valence-electron chi connectivity index (χ0n) is 9.33. The van der Waals surface area contributed by atoms with Gasteiger partial charge in [-0.15, -0.1) is 0 Å². The zero-order chi connectivity index (χ0) is 10.1. The van der Waals surface area contributed by atoms with Crippen molar-refractivity contribution in [2.75, 3.05) is 13.1 Å². The second-order valence-corrected chi connectivity index (χ2v) is 5.15. The van der Waals surface area contributed by atoms with Gasteiger partial charge in [-0.3, -0.25) is 9.69 Å². The summed E-state index contributed by atoms with van der Waals surface area (Å²) >= 11 is 0. The number of hydrogen-bond acceptors (Lipinski definition) is 2. The second kappa shape index (κ2) is 4.01. The molecule has 1 saturated carbocycles. The molecule has 2 heteroatoms. The van der Waals surface area contributed by atoms with Crippen molar-refractivity contribution in [2.24, 2.45) is 11.8 Å². The summed E-state index contributed by atoms with van der Waals surface area (Å²) in [5.74, 6) is 2.20. The smallest absolute Gasteiger partial charge is 0.135 e. The maximum Gasteiger partial charge on any atom is 0.135 e.